The Balaban J connectivity index is 2.64. The molecule has 0 aliphatic carbocycles. The molecule has 0 radical (unpaired) electrons. The van der Waals surface area contributed by atoms with Gasteiger partial charge in [0, 0.05) is 35.9 Å². The highest BCUT2D eigenvalue weighted by atomic mass is 32.2. The summed E-state index contributed by atoms with van der Waals surface area (Å²) in [5.41, 5.74) is 1.02. The minimum atomic E-state index is -1.03. The van der Waals surface area contributed by atoms with Crippen molar-refractivity contribution in [2.24, 2.45) is 0 Å². The largest absolute Gasteiger partial charge is 0.452 e. The fourth-order valence-electron chi connectivity index (χ4n) is 2.06. The number of esters is 1. The summed E-state index contributed by atoms with van der Waals surface area (Å²) in [5.74, 6) is -0.779. The first-order chi connectivity index (χ1) is 12.0. The summed E-state index contributed by atoms with van der Waals surface area (Å²) in [7, 11) is -1.03. The Morgan fingerprint density at radius 3 is 2.40 bits per heavy atom. The minimum absolute atomic E-state index is 0.140. The van der Waals surface area contributed by atoms with Gasteiger partial charge in [-0.1, -0.05) is 12.1 Å². The average Bonchev–Trinajstić information content (AvgIpc) is 2.59. The van der Waals surface area contributed by atoms with Crippen molar-refractivity contribution in [3.63, 3.8) is 0 Å². The van der Waals surface area contributed by atoms with Crippen LogP contribution >= 0.6 is 0 Å². The molecule has 0 aliphatic heterocycles. The van der Waals surface area contributed by atoms with Crippen LogP contribution in [0.25, 0.3) is 0 Å². The van der Waals surface area contributed by atoms with Crippen molar-refractivity contribution in [2.75, 3.05) is 26.0 Å². The zero-order chi connectivity index (χ0) is 18.7. The molecule has 132 valence electrons. The molecule has 25 heavy (non-hydrogen) atoms. The Kier molecular flexibility index (Phi) is 8.91. The van der Waals surface area contributed by atoms with Crippen LogP contribution in [0.5, 0.6) is 0 Å². The second kappa shape index (κ2) is 11.0. The van der Waals surface area contributed by atoms with Crippen molar-refractivity contribution in [1.29, 1.82) is 10.5 Å². The van der Waals surface area contributed by atoms with Crippen LogP contribution in [0.2, 0.25) is 0 Å². The van der Waals surface area contributed by atoms with Crippen LogP contribution in [0, 0.1) is 22.7 Å². The van der Waals surface area contributed by atoms with Gasteiger partial charge >= 0.3 is 5.97 Å². The molecule has 1 unspecified atom stereocenters. The van der Waals surface area contributed by atoms with E-state index in [1.807, 2.05) is 12.1 Å². The van der Waals surface area contributed by atoms with Crippen LogP contribution in [-0.4, -0.2) is 46.9 Å². The maximum atomic E-state index is 12.1. The second-order valence-corrected chi connectivity index (χ2v) is 6.63. The van der Waals surface area contributed by atoms with Crippen LogP contribution in [0.15, 0.2) is 24.3 Å². The van der Waals surface area contributed by atoms with Crippen LogP contribution in [0.3, 0.4) is 0 Å². The molecule has 0 fully saturated rings. The fraction of sp³-hybridized carbons (Fsp3) is 0.412. The normalized spacial score (nSPS) is 11.0. The number of rotatable bonds is 9. The van der Waals surface area contributed by atoms with E-state index < -0.39 is 29.3 Å². The Labute approximate surface area is 149 Å². The van der Waals surface area contributed by atoms with Crippen LogP contribution in [-0.2, 0) is 26.1 Å². The topological polar surface area (TPSA) is 111 Å². The number of carbonyl (C=O) groups excluding carboxylic acids is 2. The number of hydrogen-bond donors (Lipinski definition) is 0. The summed E-state index contributed by atoms with van der Waals surface area (Å²) in [4.78, 5) is 25.5. The first-order valence-corrected chi connectivity index (χ1v) is 9.28. The lowest BCUT2D eigenvalue weighted by Gasteiger charge is -2.20. The molecule has 1 atom stereocenters. The van der Waals surface area contributed by atoms with E-state index in [-0.39, 0.29) is 31.5 Å². The summed E-state index contributed by atoms with van der Waals surface area (Å²) in [6.07, 6.45) is 1.85. The Hall–Kier alpha value is -2.71. The van der Waals surface area contributed by atoms with E-state index in [2.05, 4.69) is 0 Å². The van der Waals surface area contributed by atoms with E-state index in [0.29, 0.717) is 5.75 Å². The van der Waals surface area contributed by atoms with Gasteiger partial charge in [-0.2, -0.15) is 10.5 Å². The van der Waals surface area contributed by atoms with Crippen molar-refractivity contribution < 1.29 is 18.5 Å². The average molecular weight is 361 g/mol. The van der Waals surface area contributed by atoms with Gasteiger partial charge in [0.15, 0.2) is 6.61 Å². The third-order valence-corrected chi connectivity index (χ3v) is 3.94. The molecule has 0 bridgehead atoms. The molecule has 1 aromatic rings. The van der Waals surface area contributed by atoms with Gasteiger partial charge in [-0.3, -0.25) is 9.00 Å². The van der Waals surface area contributed by atoms with Crippen molar-refractivity contribution >= 4 is 22.7 Å². The SMILES string of the molecule is CS(=O)Cc1cccc(C(=O)OCC(=O)N(CCC#N)CCC#N)c1. The summed E-state index contributed by atoms with van der Waals surface area (Å²) in [5, 5.41) is 17.2. The van der Waals surface area contributed by atoms with Gasteiger partial charge in [-0.05, 0) is 17.7 Å². The van der Waals surface area contributed by atoms with E-state index in [1.165, 1.54) is 4.90 Å². The van der Waals surface area contributed by atoms with Crippen LogP contribution in [0.4, 0.5) is 0 Å². The molecule has 0 heterocycles. The Morgan fingerprint density at radius 1 is 1.20 bits per heavy atom. The van der Waals surface area contributed by atoms with Gasteiger partial charge in [0.1, 0.15) is 0 Å². The Morgan fingerprint density at radius 2 is 1.84 bits per heavy atom. The van der Waals surface area contributed by atoms with Gasteiger partial charge in [0.05, 0.1) is 30.5 Å². The minimum Gasteiger partial charge on any atom is -0.452 e. The first kappa shape index (κ1) is 20.3. The maximum absolute atomic E-state index is 12.1. The van der Waals surface area contributed by atoms with Gasteiger partial charge in [0.25, 0.3) is 5.91 Å². The fourth-order valence-corrected chi connectivity index (χ4v) is 2.70. The van der Waals surface area contributed by atoms with Crippen LogP contribution < -0.4 is 0 Å². The highest BCUT2D eigenvalue weighted by Crippen LogP contribution is 2.09. The van der Waals surface area contributed by atoms with E-state index in [0.717, 1.165) is 5.56 Å². The van der Waals surface area contributed by atoms with Crippen molar-refractivity contribution in [1.82, 2.24) is 4.90 Å². The molecule has 1 rings (SSSR count). The Bertz CT molecular complexity index is 703. The van der Waals surface area contributed by atoms with Crippen molar-refractivity contribution in [3.05, 3.63) is 35.4 Å². The van der Waals surface area contributed by atoms with E-state index in [9.17, 15) is 13.8 Å². The highest BCUT2D eigenvalue weighted by Gasteiger charge is 2.16. The zero-order valence-corrected chi connectivity index (χ0v) is 14.8. The van der Waals surface area contributed by atoms with Gasteiger partial charge in [-0.15, -0.1) is 0 Å². The predicted molar refractivity (Wildman–Crippen MR) is 91.5 cm³/mol. The first-order valence-electron chi connectivity index (χ1n) is 7.55. The molecular formula is C17H19N3O4S. The highest BCUT2D eigenvalue weighted by molar-refractivity contribution is 7.83. The number of carbonyl (C=O) groups is 2. The maximum Gasteiger partial charge on any atom is 0.338 e. The molecule has 0 saturated carbocycles. The second-order valence-electron chi connectivity index (χ2n) is 5.19. The lowest BCUT2D eigenvalue weighted by molar-refractivity contribution is -0.134. The molecule has 0 saturated heterocycles. The molecule has 0 spiro atoms. The summed E-state index contributed by atoms with van der Waals surface area (Å²) in [6.45, 7) is -0.0850. The molecule has 1 aromatic carbocycles. The molecule has 0 aliphatic rings. The van der Waals surface area contributed by atoms with E-state index in [1.54, 1.807) is 30.5 Å². The molecule has 8 heteroatoms. The van der Waals surface area contributed by atoms with Crippen molar-refractivity contribution in [3.8, 4) is 12.1 Å². The number of hydrogen-bond acceptors (Lipinski definition) is 6. The summed E-state index contributed by atoms with van der Waals surface area (Å²) >= 11 is 0. The number of nitrogens with zero attached hydrogens (tertiary/aromatic N) is 3. The third-order valence-electron chi connectivity index (χ3n) is 3.20. The lowest BCUT2D eigenvalue weighted by atomic mass is 10.1. The predicted octanol–water partition coefficient (Wildman–Crippen LogP) is 1.38. The number of nitriles is 2. The van der Waals surface area contributed by atoms with Gasteiger partial charge < -0.3 is 9.64 Å². The van der Waals surface area contributed by atoms with Crippen molar-refractivity contribution in [2.45, 2.75) is 18.6 Å². The van der Waals surface area contributed by atoms with E-state index in [4.69, 9.17) is 15.3 Å². The molecule has 0 aromatic heterocycles. The van der Waals surface area contributed by atoms with Gasteiger partial charge in [0.2, 0.25) is 0 Å². The molecule has 1 amide bonds. The zero-order valence-electron chi connectivity index (χ0n) is 13.9. The lowest BCUT2D eigenvalue weighted by Crippen LogP contribution is -2.36. The number of benzene rings is 1. The monoisotopic (exact) mass is 361 g/mol. The summed E-state index contributed by atoms with van der Waals surface area (Å²) < 4.78 is 16.3. The molecule has 0 N–H and O–H groups in total. The van der Waals surface area contributed by atoms with Gasteiger partial charge in [-0.25, -0.2) is 4.79 Å². The standard InChI is InChI=1S/C17H19N3O4S/c1-25(23)13-14-5-2-6-15(11-14)17(22)24-12-16(21)20(9-3-7-18)10-4-8-19/h2,5-6,11H,3-4,9-10,12-13H2,1H3. The number of amides is 1. The molecular weight excluding hydrogens is 342 g/mol. The quantitative estimate of drug-likeness (QED) is 0.614. The summed E-state index contributed by atoms with van der Waals surface area (Å²) in [6, 6.07) is 10.4. The molecule has 7 nitrogen and oxygen atoms in total. The third kappa shape index (κ3) is 7.60. The van der Waals surface area contributed by atoms with Crippen LogP contribution in [0.1, 0.15) is 28.8 Å². The van der Waals surface area contributed by atoms with E-state index >= 15 is 0 Å². The number of ether oxygens (including phenoxy) is 1. The smallest absolute Gasteiger partial charge is 0.338 e.